The molecule has 0 amide bonds. The van der Waals surface area contributed by atoms with Gasteiger partial charge in [0.05, 0.1) is 12.5 Å². The minimum Gasteiger partial charge on any atom is -0.472 e. The number of rotatable bonds is 3. The van der Waals surface area contributed by atoms with Crippen LogP contribution in [0.15, 0.2) is 47.3 Å². The molecule has 2 heteroatoms. The lowest BCUT2D eigenvalue weighted by molar-refractivity contribution is 0.457. The number of furan rings is 1. The van der Waals surface area contributed by atoms with Crippen LogP contribution in [0.1, 0.15) is 35.6 Å². The van der Waals surface area contributed by atoms with Crippen LogP contribution in [-0.4, -0.2) is 0 Å². The quantitative estimate of drug-likeness (QED) is 0.868. The first-order chi connectivity index (χ1) is 8.43. The second kappa shape index (κ2) is 4.76. The van der Waals surface area contributed by atoms with E-state index in [1.807, 2.05) is 12.3 Å². The first-order valence-corrected chi connectivity index (χ1v) is 6.26. The van der Waals surface area contributed by atoms with Gasteiger partial charge in [0.25, 0.3) is 0 Å². The third-order valence-corrected chi connectivity index (χ3v) is 3.50. The molecule has 0 saturated heterocycles. The summed E-state index contributed by atoms with van der Waals surface area (Å²) in [5, 5.41) is 3.62. The normalized spacial score (nSPS) is 18.9. The van der Waals surface area contributed by atoms with E-state index in [1.54, 1.807) is 6.26 Å². The van der Waals surface area contributed by atoms with E-state index in [4.69, 9.17) is 4.42 Å². The Kier molecular flexibility index (Phi) is 2.97. The maximum Gasteiger partial charge on any atom is 0.0947 e. The molecule has 0 aliphatic heterocycles. The van der Waals surface area contributed by atoms with Crippen molar-refractivity contribution in [3.8, 4) is 0 Å². The fourth-order valence-corrected chi connectivity index (χ4v) is 2.60. The number of nitrogens with one attached hydrogen (secondary N) is 1. The first kappa shape index (κ1) is 10.6. The van der Waals surface area contributed by atoms with Crippen molar-refractivity contribution < 1.29 is 4.42 Å². The van der Waals surface area contributed by atoms with Crippen molar-refractivity contribution in [2.75, 3.05) is 0 Å². The number of hydrogen-bond donors (Lipinski definition) is 1. The summed E-state index contributed by atoms with van der Waals surface area (Å²) in [4.78, 5) is 0. The van der Waals surface area contributed by atoms with E-state index in [-0.39, 0.29) is 0 Å². The standard InChI is InChI=1S/C15H17NO/c1-2-6-14-13(4-1)5-3-7-15(14)16-10-12-8-9-17-11-12/h1-2,4,6,8-9,11,15-16H,3,5,7,10H2. The summed E-state index contributed by atoms with van der Waals surface area (Å²) in [5.41, 5.74) is 4.19. The molecular formula is C15H17NO. The number of hydrogen-bond acceptors (Lipinski definition) is 2. The van der Waals surface area contributed by atoms with Crippen molar-refractivity contribution in [2.24, 2.45) is 0 Å². The number of fused-ring (bicyclic) bond motifs is 1. The zero-order valence-corrected chi connectivity index (χ0v) is 9.86. The van der Waals surface area contributed by atoms with Crippen LogP contribution in [0.5, 0.6) is 0 Å². The molecule has 17 heavy (non-hydrogen) atoms. The second-order valence-electron chi connectivity index (χ2n) is 4.66. The Bertz CT molecular complexity index is 475. The minimum atomic E-state index is 0.495. The summed E-state index contributed by atoms with van der Waals surface area (Å²) >= 11 is 0. The maximum atomic E-state index is 5.08. The molecule has 1 aromatic heterocycles. The molecule has 1 N–H and O–H groups in total. The van der Waals surface area contributed by atoms with E-state index in [1.165, 1.54) is 36.0 Å². The Morgan fingerprint density at radius 2 is 2.18 bits per heavy atom. The fraction of sp³-hybridized carbons (Fsp3) is 0.333. The SMILES string of the molecule is c1ccc2c(c1)CCCC2NCc1ccoc1. The van der Waals surface area contributed by atoms with Crippen LogP contribution in [0.4, 0.5) is 0 Å². The van der Waals surface area contributed by atoms with E-state index in [9.17, 15) is 0 Å². The van der Waals surface area contributed by atoms with Gasteiger partial charge in [0.2, 0.25) is 0 Å². The molecule has 1 aromatic carbocycles. The maximum absolute atomic E-state index is 5.08. The summed E-state index contributed by atoms with van der Waals surface area (Å²) in [5.74, 6) is 0. The largest absolute Gasteiger partial charge is 0.472 e. The van der Waals surface area contributed by atoms with Gasteiger partial charge in [-0.25, -0.2) is 0 Å². The molecule has 1 aliphatic carbocycles. The molecule has 0 fully saturated rings. The molecule has 0 saturated carbocycles. The predicted molar refractivity (Wildman–Crippen MR) is 67.7 cm³/mol. The van der Waals surface area contributed by atoms with Gasteiger partial charge in [-0.1, -0.05) is 24.3 Å². The van der Waals surface area contributed by atoms with Crippen molar-refractivity contribution in [3.63, 3.8) is 0 Å². The molecule has 0 spiro atoms. The van der Waals surface area contributed by atoms with Crippen LogP contribution < -0.4 is 5.32 Å². The lowest BCUT2D eigenvalue weighted by Crippen LogP contribution is -2.24. The van der Waals surface area contributed by atoms with Gasteiger partial charge in [-0.15, -0.1) is 0 Å². The summed E-state index contributed by atoms with van der Waals surface area (Å²) in [6.45, 7) is 0.884. The van der Waals surface area contributed by atoms with Gasteiger partial charge < -0.3 is 9.73 Å². The highest BCUT2D eigenvalue weighted by molar-refractivity contribution is 5.32. The van der Waals surface area contributed by atoms with E-state index in [0.29, 0.717) is 6.04 Å². The number of aryl methyl sites for hydroxylation is 1. The van der Waals surface area contributed by atoms with Crippen LogP contribution in [0.25, 0.3) is 0 Å². The zero-order valence-electron chi connectivity index (χ0n) is 9.86. The molecule has 1 atom stereocenters. The zero-order chi connectivity index (χ0) is 11.5. The molecule has 0 radical (unpaired) electrons. The molecule has 1 aliphatic rings. The molecular weight excluding hydrogens is 210 g/mol. The average molecular weight is 227 g/mol. The molecule has 0 bridgehead atoms. The predicted octanol–water partition coefficient (Wildman–Crippen LogP) is 3.45. The van der Waals surface area contributed by atoms with Crippen LogP contribution >= 0.6 is 0 Å². The first-order valence-electron chi connectivity index (χ1n) is 6.26. The van der Waals surface area contributed by atoms with Gasteiger partial charge in [0, 0.05) is 18.2 Å². The molecule has 3 rings (SSSR count). The third-order valence-electron chi connectivity index (χ3n) is 3.50. The summed E-state index contributed by atoms with van der Waals surface area (Å²) in [6.07, 6.45) is 7.27. The monoisotopic (exact) mass is 227 g/mol. The van der Waals surface area contributed by atoms with Crippen LogP contribution in [0.3, 0.4) is 0 Å². The van der Waals surface area contributed by atoms with Gasteiger partial charge in [0.1, 0.15) is 0 Å². The van der Waals surface area contributed by atoms with E-state index in [2.05, 4.69) is 29.6 Å². The lowest BCUT2D eigenvalue weighted by Gasteiger charge is -2.26. The van der Waals surface area contributed by atoms with Crippen LogP contribution in [0.2, 0.25) is 0 Å². The molecule has 1 unspecified atom stereocenters. The van der Waals surface area contributed by atoms with Crippen LogP contribution in [-0.2, 0) is 13.0 Å². The van der Waals surface area contributed by atoms with Gasteiger partial charge in [-0.2, -0.15) is 0 Å². The van der Waals surface area contributed by atoms with Crippen molar-refractivity contribution >= 4 is 0 Å². The molecule has 2 nitrogen and oxygen atoms in total. The Morgan fingerprint density at radius 1 is 1.24 bits per heavy atom. The topological polar surface area (TPSA) is 25.2 Å². The van der Waals surface area contributed by atoms with E-state index in [0.717, 1.165) is 6.54 Å². The van der Waals surface area contributed by atoms with E-state index < -0.39 is 0 Å². The van der Waals surface area contributed by atoms with Crippen LogP contribution in [0, 0.1) is 0 Å². The summed E-state index contributed by atoms with van der Waals surface area (Å²) < 4.78 is 5.08. The Morgan fingerprint density at radius 3 is 3.06 bits per heavy atom. The van der Waals surface area contributed by atoms with Crippen molar-refractivity contribution in [1.29, 1.82) is 0 Å². The molecule has 2 aromatic rings. The highest BCUT2D eigenvalue weighted by Crippen LogP contribution is 2.29. The van der Waals surface area contributed by atoms with Gasteiger partial charge in [-0.3, -0.25) is 0 Å². The number of benzene rings is 1. The molecule has 1 heterocycles. The fourth-order valence-electron chi connectivity index (χ4n) is 2.60. The third kappa shape index (κ3) is 2.27. The Labute approximate surface area is 102 Å². The van der Waals surface area contributed by atoms with Gasteiger partial charge in [-0.05, 0) is 36.5 Å². The highest BCUT2D eigenvalue weighted by atomic mass is 16.3. The minimum absolute atomic E-state index is 0.495. The highest BCUT2D eigenvalue weighted by Gasteiger charge is 2.18. The Balaban J connectivity index is 1.72. The summed E-state index contributed by atoms with van der Waals surface area (Å²) in [6, 6.07) is 11.3. The average Bonchev–Trinajstić information content (AvgIpc) is 2.89. The van der Waals surface area contributed by atoms with Crippen molar-refractivity contribution in [1.82, 2.24) is 5.32 Å². The Hall–Kier alpha value is -1.54. The summed E-state index contributed by atoms with van der Waals surface area (Å²) in [7, 11) is 0. The second-order valence-corrected chi connectivity index (χ2v) is 4.66. The van der Waals surface area contributed by atoms with Gasteiger partial charge >= 0.3 is 0 Å². The lowest BCUT2D eigenvalue weighted by atomic mass is 9.88. The smallest absolute Gasteiger partial charge is 0.0947 e. The van der Waals surface area contributed by atoms with Crippen molar-refractivity contribution in [2.45, 2.75) is 31.8 Å². The van der Waals surface area contributed by atoms with Gasteiger partial charge in [0.15, 0.2) is 0 Å². The van der Waals surface area contributed by atoms with Crippen molar-refractivity contribution in [3.05, 3.63) is 59.5 Å². The van der Waals surface area contributed by atoms with E-state index >= 15 is 0 Å². The molecule has 88 valence electrons.